The molecule has 134 valence electrons. The lowest BCUT2D eigenvalue weighted by atomic mass is 9.86. The zero-order valence-electron chi connectivity index (χ0n) is 14.6. The first kappa shape index (κ1) is 16.5. The molecule has 0 spiro atoms. The van der Waals surface area contributed by atoms with Gasteiger partial charge in [-0.3, -0.25) is 19.7 Å². The van der Waals surface area contributed by atoms with Crippen molar-refractivity contribution in [1.82, 2.24) is 20.4 Å². The van der Waals surface area contributed by atoms with Crippen molar-refractivity contribution in [2.75, 3.05) is 24.5 Å². The standard InChI is InChI=1S/C18H20N6O2/c1-23-15-9-13(11-2-5-20-6-3-11)12(10-19)8-14(15)17(22-23)24-7-4-16(25)21-18(24)26/h8-9,11,20H,2-7H2,1H3,(H,21,25,26). The molecule has 0 bridgehead atoms. The number of fused-ring (bicyclic) bond motifs is 1. The fourth-order valence-electron chi connectivity index (χ4n) is 3.83. The van der Waals surface area contributed by atoms with Gasteiger partial charge in [-0.05, 0) is 49.5 Å². The van der Waals surface area contributed by atoms with Gasteiger partial charge in [0, 0.05) is 25.4 Å². The topological polar surface area (TPSA) is 103 Å². The van der Waals surface area contributed by atoms with E-state index in [0.717, 1.165) is 42.4 Å². The number of anilines is 1. The van der Waals surface area contributed by atoms with Gasteiger partial charge < -0.3 is 5.32 Å². The zero-order chi connectivity index (χ0) is 18.3. The molecule has 2 saturated heterocycles. The monoisotopic (exact) mass is 352 g/mol. The van der Waals surface area contributed by atoms with Crippen molar-refractivity contribution in [3.05, 3.63) is 23.3 Å². The van der Waals surface area contributed by atoms with Gasteiger partial charge in [-0.15, -0.1) is 0 Å². The van der Waals surface area contributed by atoms with Crippen LogP contribution in [-0.4, -0.2) is 41.4 Å². The van der Waals surface area contributed by atoms with Gasteiger partial charge in [-0.25, -0.2) is 4.79 Å². The molecule has 0 saturated carbocycles. The minimum atomic E-state index is -0.470. The third-order valence-corrected chi connectivity index (χ3v) is 5.21. The van der Waals surface area contributed by atoms with E-state index in [4.69, 9.17) is 0 Å². The van der Waals surface area contributed by atoms with Crippen LogP contribution < -0.4 is 15.5 Å². The second kappa shape index (κ2) is 6.42. The molecule has 0 aliphatic carbocycles. The number of rotatable bonds is 2. The maximum Gasteiger partial charge on any atom is 0.329 e. The largest absolute Gasteiger partial charge is 0.329 e. The summed E-state index contributed by atoms with van der Waals surface area (Å²) in [4.78, 5) is 25.1. The second-order valence-electron chi connectivity index (χ2n) is 6.79. The molecule has 0 radical (unpaired) electrons. The molecule has 2 aliphatic heterocycles. The van der Waals surface area contributed by atoms with Gasteiger partial charge in [0.1, 0.15) is 0 Å². The number of carbonyl (C=O) groups is 2. The van der Waals surface area contributed by atoms with Gasteiger partial charge in [0.05, 0.1) is 17.1 Å². The molecule has 8 nitrogen and oxygen atoms in total. The first-order chi connectivity index (χ1) is 12.6. The molecule has 26 heavy (non-hydrogen) atoms. The van der Waals surface area contributed by atoms with E-state index in [0.29, 0.717) is 17.3 Å². The van der Waals surface area contributed by atoms with Crippen LogP contribution in [0.3, 0.4) is 0 Å². The Kier molecular flexibility index (Phi) is 4.09. The Hall–Kier alpha value is -2.92. The van der Waals surface area contributed by atoms with Crippen LogP contribution in [0.25, 0.3) is 10.9 Å². The number of nitrogens with one attached hydrogen (secondary N) is 2. The van der Waals surface area contributed by atoms with Crippen LogP contribution in [0.1, 0.15) is 36.3 Å². The summed E-state index contributed by atoms with van der Waals surface area (Å²) in [5, 5.41) is 20.6. The van der Waals surface area contributed by atoms with E-state index in [2.05, 4.69) is 21.8 Å². The predicted molar refractivity (Wildman–Crippen MR) is 95.8 cm³/mol. The highest BCUT2D eigenvalue weighted by molar-refractivity contribution is 6.09. The highest BCUT2D eigenvalue weighted by atomic mass is 16.2. The third-order valence-electron chi connectivity index (χ3n) is 5.21. The molecular weight excluding hydrogens is 332 g/mol. The summed E-state index contributed by atoms with van der Waals surface area (Å²) in [7, 11) is 1.83. The number of carbonyl (C=O) groups excluding carboxylic acids is 2. The number of imide groups is 1. The molecule has 0 unspecified atom stereocenters. The van der Waals surface area contributed by atoms with Crippen molar-refractivity contribution in [3.8, 4) is 6.07 Å². The number of amides is 3. The summed E-state index contributed by atoms with van der Waals surface area (Å²) in [6.45, 7) is 2.19. The molecule has 1 aromatic carbocycles. The van der Waals surface area contributed by atoms with E-state index < -0.39 is 6.03 Å². The van der Waals surface area contributed by atoms with Gasteiger partial charge >= 0.3 is 6.03 Å². The lowest BCUT2D eigenvalue weighted by Gasteiger charge is -2.25. The van der Waals surface area contributed by atoms with E-state index in [9.17, 15) is 14.9 Å². The Balaban J connectivity index is 1.81. The molecule has 2 fully saturated rings. The number of aryl methyl sites for hydroxylation is 1. The third kappa shape index (κ3) is 2.70. The number of nitrogens with zero attached hydrogens (tertiary/aromatic N) is 4. The molecule has 2 aliphatic rings. The number of piperidine rings is 1. The summed E-state index contributed by atoms with van der Waals surface area (Å²) >= 11 is 0. The van der Waals surface area contributed by atoms with Crippen molar-refractivity contribution in [2.24, 2.45) is 7.05 Å². The Bertz CT molecular complexity index is 935. The van der Waals surface area contributed by atoms with E-state index in [-0.39, 0.29) is 18.9 Å². The maximum atomic E-state index is 12.2. The van der Waals surface area contributed by atoms with E-state index >= 15 is 0 Å². The second-order valence-corrected chi connectivity index (χ2v) is 6.79. The molecule has 3 amide bonds. The summed E-state index contributed by atoms with van der Waals surface area (Å²) < 4.78 is 1.74. The van der Waals surface area contributed by atoms with Gasteiger partial charge in [0.2, 0.25) is 5.91 Å². The smallest absolute Gasteiger partial charge is 0.317 e. The fourth-order valence-corrected chi connectivity index (χ4v) is 3.83. The van der Waals surface area contributed by atoms with Crippen LogP contribution in [0.4, 0.5) is 10.6 Å². The number of hydrogen-bond acceptors (Lipinski definition) is 5. The highest BCUT2D eigenvalue weighted by Gasteiger charge is 2.29. The lowest BCUT2D eigenvalue weighted by molar-refractivity contribution is -0.120. The first-order valence-electron chi connectivity index (χ1n) is 8.81. The SMILES string of the molecule is Cn1nc(N2CCC(=O)NC2=O)c2cc(C#N)c(C3CCNCC3)cc21. The number of aromatic nitrogens is 2. The maximum absolute atomic E-state index is 12.2. The zero-order valence-corrected chi connectivity index (χ0v) is 14.6. The van der Waals surface area contributed by atoms with Crippen molar-refractivity contribution < 1.29 is 9.59 Å². The highest BCUT2D eigenvalue weighted by Crippen LogP contribution is 2.34. The average molecular weight is 352 g/mol. The minimum absolute atomic E-state index is 0.238. The molecule has 1 aromatic heterocycles. The summed E-state index contributed by atoms with van der Waals surface area (Å²) in [6, 6.07) is 5.71. The van der Waals surface area contributed by atoms with Crippen LogP contribution in [0, 0.1) is 11.3 Å². The molecule has 2 aromatic rings. The van der Waals surface area contributed by atoms with Crippen LogP contribution in [0.2, 0.25) is 0 Å². The molecule has 2 N–H and O–H groups in total. The van der Waals surface area contributed by atoms with Gasteiger partial charge in [0.25, 0.3) is 0 Å². The summed E-state index contributed by atoms with van der Waals surface area (Å²) in [5.74, 6) is 0.558. The van der Waals surface area contributed by atoms with Crippen LogP contribution in [-0.2, 0) is 11.8 Å². The van der Waals surface area contributed by atoms with Gasteiger partial charge in [-0.1, -0.05) is 0 Å². The number of benzene rings is 1. The van der Waals surface area contributed by atoms with Crippen LogP contribution in [0.5, 0.6) is 0 Å². The molecule has 8 heteroatoms. The summed E-state index contributed by atoms with van der Waals surface area (Å²) in [6.07, 6.45) is 2.24. The fraction of sp³-hybridized carbons (Fsp3) is 0.444. The molecular formula is C18H20N6O2. The predicted octanol–water partition coefficient (Wildman–Crippen LogP) is 1.36. The quantitative estimate of drug-likeness (QED) is 0.849. The lowest BCUT2D eigenvalue weighted by Crippen LogP contribution is -2.49. The van der Waals surface area contributed by atoms with Crippen LogP contribution in [0.15, 0.2) is 12.1 Å². The number of nitriles is 1. The Morgan fingerprint density at radius 1 is 1.27 bits per heavy atom. The molecule has 3 heterocycles. The van der Waals surface area contributed by atoms with Gasteiger partial charge in [-0.2, -0.15) is 10.4 Å². The van der Waals surface area contributed by atoms with E-state index in [1.807, 2.05) is 19.2 Å². The number of urea groups is 1. The van der Waals surface area contributed by atoms with Crippen molar-refractivity contribution in [1.29, 1.82) is 5.26 Å². The summed E-state index contributed by atoms with van der Waals surface area (Å²) in [5.41, 5.74) is 2.57. The molecule has 4 rings (SSSR count). The minimum Gasteiger partial charge on any atom is -0.317 e. The Labute approximate surface area is 150 Å². The normalized spacial score (nSPS) is 18.8. The van der Waals surface area contributed by atoms with Crippen LogP contribution >= 0.6 is 0 Å². The Morgan fingerprint density at radius 3 is 2.73 bits per heavy atom. The Morgan fingerprint density at radius 2 is 2.04 bits per heavy atom. The molecule has 0 atom stereocenters. The average Bonchev–Trinajstić information content (AvgIpc) is 2.97. The van der Waals surface area contributed by atoms with E-state index in [1.54, 1.807) is 4.68 Å². The van der Waals surface area contributed by atoms with E-state index in [1.165, 1.54) is 4.90 Å². The first-order valence-corrected chi connectivity index (χ1v) is 8.81. The van der Waals surface area contributed by atoms with Gasteiger partial charge in [0.15, 0.2) is 5.82 Å². The van der Waals surface area contributed by atoms with Crippen molar-refractivity contribution in [3.63, 3.8) is 0 Å². The number of hydrogen-bond donors (Lipinski definition) is 2. The van der Waals surface area contributed by atoms with Crippen molar-refractivity contribution >= 4 is 28.7 Å². The van der Waals surface area contributed by atoms with Crippen molar-refractivity contribution in [2.45, 2.75) is 25.2 Å².